The quantitative estimate of drug-likeness (QED) is 0.463. The molecule has 0 radical (unpaired) electrons. The number of rotatable bonds is 10. The van der Waals surface area contributed by atoms with Crippen molar-refractivity contribution in [3.05, 3.63) is 71.8 Å². The minimum atomic E-state index is 0.358. The van der Waals surface area contributed by atoms with Gasteiger partial charge in [0.1, 0.15) is 0 Å². The Morgan fingerprint density at radius 1 is 0.897 bits per heavy atom. The molecule has 0 spiro atoms. The maximum absolute atomic E-state index is 2.38. The van der Waals surface area contributed by atoms with Crippen molar-refractivity contribution in [1.82, 2.24) is 4.90 Å². The third kappa shape index (κ3) is 8.45. The van der Waals surface area contributed by atoms with E-state index in [4.69, 9.17) is 0 Å². The number of anilines is 1. The first-order valence-electron chi connectivity index (χ1n) is 10.9. The summed E-state index contributed by atoms with van der Waals surface area (Å²) in [5.74, 6) is 0.725. The van der Waals surface area contributed by atoms with Gasteiger partial charge >= 0.3 is 0 Å². The van der Waals surface area contributed by atoms with Crippen molar-refractivity contribution in [2.45, 2.75) is 40.0 Å². The summed E-state index contributed by atoms with van der Waals surface area (Å²) in [6.07, 6.45) is 7.93. The summed E-state index contributed by atoms with van der Waals surface area (Å²) in [5, 5.41) is 0. The lowest BCUT2D eigenvalue weighted by Gasteiger charge is -2.33. The van der Waals surface area contributed by atoms with Crippen molar-refractivity contribution in [3.8, 4) is 0 Å². The van der Waals surface area contributed by atoms with Crippen molar-refractivity contribution in [1.29, 1.82) is 0 Å². The van der Waals surface area contributed by atoms with Gasteiger partial charge in [-0.3, -0.25) is 0 Å². The largest absolute Gasteiger partial charge is 0.375 e. The molecule has 0 aliphatic rings. The molecule has 2 heteroatoms. The molecule has 0 bridgehead atoms. The lowest BCUT2D eigenvalue weighted by Crippen LogP contribution is -2.32. The molecule has 1 unspecified atom stereocenters. The summed E-state index contributed by atoms with van der Waals surface area (Å²) in [6.45, 7) is 9.37. The van der Waals surface area contributed by atoms with Gasteiger partial charge in [-0.1, -0.05) is 75.4 Å². The second-order valence-corrected chi connectivity index (χ2v) is 9.57. The second-order valence-electron chi connectivity index (χ2n) is 9.57. The fourth-order valence-corrected chi connectivity index (χ4v) is 3.73. The zero-order valence-corrected chi connectivity index (χ0v) is 19.4. The van der Waals surface area contributed by atoms with Crippen LogP contribution in [0.25, 0.3) is 6.08 Å². The SMILES string of the molecule is CN(C)CC(CCCN(C)c1ccc(/C=C/Cc2ccccc2)cc1)C(C)(C)C. The van der Waals surface area contributed by atoms with Crippen LogP contribution in [-0.4, -0.2) is 39.1 Å². The van der Waals surface area contributed by atoms with Crippen LogP contribution in [0.15, 0.2) is 60.7 Å². The maximum atomic E-state index is 2.38. The molecule has 2 aromatic rings. The lowest BCUT2D eigenvalue weighted by molar-refractivity contribution is 0.171. The van der Waals surface area contributed by atoms with E-state index in [-0.39, 0.29) is 0 Å². The van der Waals surface area contributed by atoms with Crippen LogP contribution in [0.1, 0.15) is 44.7 Å². The molecule has 2 aromatic carbocycles. The topological polar surface area (TPSA) is 6.48 Å². The van der Waals surface area contributed by atoms with Crippen LogP contribution >= 0.6 is 0 Å². The van der Waals surface area contributed by atoms with E-state index >= 15 is 0 Å². The summed E-state index contributed by atoms with van der Waals surface area (Å²) >= 11 is 0. The van der Waals surface area contributed by atoms with E-state index in [2.05, 4.69) is 118 Å². The number of benzene rings is 2. The Labute approximate surface area is 179 Å². The van der Waals surface area contributed by atoms with Crippen LogP contribution in [0.5, 0.6) is 0 Å². The molecule has 0 amide bonds. The number of allylic oxidation sites excluding steroid dienone is 1. The molecule has 29 heavy (non-hydrogen) atoms. The van der Waals surface area contributed by atoms with Crippen LogP contribution in [-0.2, 0) is 6.42 Å². The van der Waals surface area contributed by atoms with Crippen molar-refractivity contribution in [2.24, 2.45) is 11.3 Å². The highest BCUT2D eigenvalue weighted by atomic mass is 15.1. The average Bonchev–Trinajstić information content (AvgIpc) is 2.67. The van der Waals surface area contributed by atoms with E-state index < -0.39 is 0 Å². The van der Waals surface area contributed by atoms with E-state index in [1.165, 1.54) is 29.7 Å². The Morgan fingerprint density at radius 3 is 2.14 bits per heavy atom. The first-order valence-corrected chi connectivity index (χ1v) is 10.9. The third-order valence-corrected chi connectivity index (χ3v) is 5.70. The van der Waals surface area contributed by atoms with Gasteiger partial charge in [-0.2, -0.15) is 0 Å². The van der Waals surface area contributed by atoms with Crippen molar-refractivity contribution in [3.63, 3.8) is 0 Å². The predicted molar refractivity (Wildman–Crippen MR) is 130 cm³/mol. The summed E-state index contributed by atoms with van der Waals surface area (Å²) in [6, 6.07) is 19.5. The molecular formula is C27H40N2. The fraction of sp³-hybridized carbons (Fsp3) is 0.481. The van der Waals surface area contributed by atoms with Crippen LogP contribution in [0.2, 0.25) is 0 Å². The molecular weight excluding hydrogens is 352 g/mol. The molecule has 0 N–H and O–H groups in total. The number of hydrogen-bond acceptors (Lipinski definition) is 2. The average molecular weight is 393 g/mol. The van der Waals surface area contributed by atoms with Crippen LogP contribution in [0.3, 0.4) is 0 Å². The monoisotopic (exact) mass is 392 g/mol. The fourth-order valence-electron chi connectivity index (χ4n) is 3.73. The van der Waals surface area contributed by atoms with Crippen LogP contribution < -0.4 is 4.90 Å². The van der Waals surface area contributed by atoms with Crippen molar-refractivity contribution < 1.29 is 0 Å². The molecule has 0 heterocycles. The standard InChI is InChI=1S/C27H40N2/c1-27(2,3)25(22-28(4)5)16-11-21-29(6)26-19-17-24(18-20-26)15-10-14-23-12-8-7-9-13-23/h7-10,12-13,15,17-20,25H,11,14,16,21-22H2,1-6H3/b15-10+. The number of nitrogens with zero attached hydrogens (tertiary/aromatic N) is 2. The molecule has 0 aromatic heterocycles. The molecule has 0 saturated carbocycles. The Hall–Kier alpha value is -2.06. The van der Waals surface area contributed by atoms with Crippen molar-refractivity contribution in [2.75, 3.05) is 39.1 Å². The molecule has 1 atom stereocenters. The van der Waals surface area contributed by atoms with Crippen molar-refractivity contribution >= 4 is 11.8 Å². The minimum absolute atomic E-state index is 0.358. The summed E-state index contributed by atoms with van der Waals surface area (Å²) in [4.78, 5) is 4.70. The number of hydrogen-bond donors (Lipinski definition) is 0. The third-order valence-electron chi connectivity index (χ3n) is 5.70. The van der Waals surface area contributed by atoms with Gasteiger partial charge in [-0.25, -0.2) is 0 Å². The maximum Gasteiger partial charge on any atom is 0.0364 e. The van der Waals surface area contributed by atoms with E-state index in [0.29, 0.717) is 5.41 Å². The normalized spacial score (nSPS) is 13.2. The summed E-state index contributed by atoms with van der Waals surface area (Å²) in [7, 11) is 6.57. The Balaban J connectivity index is 1.82. The molecule has 2 rings (SSSR count). The van der Waals surface area contributed by atoms with Gasteiger partial charge in [0.2, 0.25) is 0 Å². The Kier molecular flexibility index (Phi) is 8.98. The first kappa shape index (κ1) is 23.2. The van der Waals surface area contributed by atoms with E-state index in [1.807, 2.05) is 0 Å². The highest BCUT2D eigenvalue weighted by Crippen LogP contribution is 2.30. The lowest BCUT2D eigenvalue weighted by atomic mass is 9.78. The van der Waals surface area contributed by atoms with Gasteiger partial charge in [-0.15, -0.1) is 0 Å². The highest BCUT2D eigenvalue weighted by molar-refractivity contribution is 5.56. The van der Waals surface area contributed by atoms with E-state index in [9.17, 15) is 0 Å². The van der Waals surface area contributed by atoms with Crippen LogP contribution in [0.4, 0.5) is 5.69 Å². The predicted octanol–water partition coefficient (Wildman–Crippen LogP) is 6.38. The van der Waals surface area contributed by atoms with Gasteiger partial charge in [-0.05, 0) is 68.0 Å². The van der Waals surface area contributed by atoms with Gasteiger partial charge in [0.15, 0.2) is 0 Å². The Morgan fingerprint density at radius 2 is 1.55 bits per heavy atom. The zero-order valence-electron chi connectivity index (χ0n) is 19.4. The molecule has 0 aliphatic carbocycles. The minimum Gasteiger partial charge on any atom is -0.375 e. The van der Waals surface area contributed by atoms with Gasteiger partial charge in [0, 0.05) is 25.8 Å². The second kappa shape index (κ2) is 11.2. The molecule has 0 aliphatic heterocycles. The zero-order chi connectivity index (χ0) is 21.3. The molecule has 158 valence electrons. The van der Waals surface area contributed by atoms with E-state index in [1.54, 1.807) is 0 Å². The van der Waals surface area contributed by atoms with Crippen LogP contribution in [0, 0.1) is 11.3 Å². The first-order chi connectivity index (χ1) is 13.8. The smallest absolute Gasteiger partial charge is 0.0364 e. The molecule has 0 saturated heterocycles. The molecule has 2 nitrogen and oxygen atoms in total. The molecule has 0 fully saturated rings. The summed E-state index contributed by atoms with van der Waals surface area (Å²) in [5.41, 5.74) is 4.27. The Bertz CT molecular complexity index is 723. The summed E-state index contributed by atoms with van der Waals surface area (Å²) < 4.78 is 0. The van der Waals surface area contributed by atoms with Gasteiger partial charge in [0.25, 0.3) is 0 Å². The van der Waals surface area contributed by atoms with E-state index in [0.717, 1.165) is 25.4 Å². The van der Waals surface area contributed by atoms with Gasteiger partial charge in [0.05, 0.1) is 0 Å². The highest BCUT2D eigenvalue weighted by Gasteiger charge is 2.24. The van der Waals surface area contributed by atoms with Gasteiger partial charge < -0.3 is 9.80 Å².